The topological polar surface area (TPSA) is 67.4 Å². The molecule has 1 aromatic heterocycles. The van der Waals surface area contributed by atoms with E-state index >= 15 is 0 Å². The van der Waals surface area contributed by atoms with Gasteiger partial charge in [0.15, 0.2) is 5.82 Å². The molecule has 2 atom stereocenters. The fourth-order valence-electron chi connectivity index (χ4n) is 3.08. The van der Waals surface area contributed by atoms with E-state index in [1.807, 2.05) is 0 Å². The van der Waals surface area contributed by atoms with Gasteiger partial charge in [-0.15, -0.1) is 0 Å². The molecule has 6 nitrogen and oxygen atoms in total. The van der Waals surface area contributed by atoms with Gasteiger partial charge in [0.25, 0.3) is 0 Å². The number of ether oxygens (including phenoxy) is 1. The standard InChI is InChI=1S/C20H17F7N4O2/c21-14-7-28-18(29-8-14)30-15-9-31(17(32)5-6-19(22,23)24)10-16(15)33-11-12-1-3-13(4-2-12)20(25,26)27/h1-8,15-16H,9-11H2,(H,28,29,30)/b6-5+/t15-,16-/m1/s1. The van der Waals surface area contributed by atoms with Gasteiger partial charge in [0, 0.05) is 25.2 Å². The number of nitrogens with one attached hydrogen (secondary N) is 1. The van der Waals surface area contributed by atoms with E-state index in [-0.39, 0.29) is 31.7 Å². The Morgan fingerprint density at radius 2 is 1.73 bits per heavy atom. The molecule has 0 saturated carbocycles. The first-order valence-electron chi connectivity index (χ1n) is 9.47. The van der Waals surface area contributed by atoms with Crippen LogP contribution >= 0.6 is 0 Å². The Hall–Kier alpha value is -3.22. The second kappa shape index (κ2) is 9.73. The fourth-order valence-corrected chi connectivity index (χ4v) is 3.08. The molecule has 0 spiro atoms. The molecule has 0 radical (unpaired) electrons. The molecular weight excluding hydrogens is 461 g/mol. The third-order valence-corrected chi connectivity index (χ3v) is 4.67. The average Bonchev–Trinajstić information content (AvgIpc) is 3.14. The zero-order chi connectivity index (χ0) is 24.2. The van der Waals surface area contributed by atoms with Crippen LogP contribution in [0, 0.1) is 5.82 Å². The number of benzene rings is 1. The number of carbonyl (C=O) groups is 1. The minimum Gasteiger partial charge on any atom is -0.369 e. The van der Waals surface area contributed by atoms with Crippen LogP contribution in [0.5, 0.6) is 0 Å². The van der Waals surface area contributed by atoms with Crippen molar-refractivity contribution in [1.29, 1.82) is 0 Å². The SMILES string of the molecule is O=C(/C=C/C(F)(F)F)N1C[C@@H](Nc2ncc(F)cn2)[C@H](OCc2ccc(C(F)(F)F)cc2)C1. The number of hydrogen-bond donors (Lipinski definition) is 1. The van der Waals surface area contributed by atoms with Crippen molar-refractivity contribution in [2.45, 2.75) is 31.1 Å². The molecule has 2 aromatic rings. The molecule has 1 aromatic carbocycles. The summed E-state index contributed by atoms with van der Waals surface area (Å²) >= 11 is 0. The van der Waals surface area contributed by atoms with Gasteiger partial charge in [-0.05, 0) is 17.7 Å². The number of carbonyl (C=O) groups excluding carboxylic acids is 1. The minimum atomic E-state index is -4.66. The molecule has 1 aliphatic rings. The first-order chi connectivity index (χ1) is 15.4. The summed E-state index contributed by atoms with van der Waals surface area (Å²) in [5.74, 6) is -1.58. The van der Waals surface area contributed by atoms with Crippen molar-refractivity contribution in [2.75, 3.05) is 18.4 Å². The molecule has 1 fully saturated rings. The zero-order valence-electron chi connectivity index (χ0n) is 16.7. The van der Waals surface area contributed by atoms with Gasteiger partial charge in [0.1, 0.15) is 0 Å². The van der Waals surface area contributed by atoms with E-state index in [2.05, 4.69) is 15.3 Å². The van der Waals surface area contributed by atoms with Crippen molar-refractivity contribution in [3.8, 4) is 0 Å². The number of nitrogens with zero attached hydrogens (tertiary/aromatic N) is 3. The minimum absolute atomic E-state index is 0.00432. The van der Waals surface area contributed by atoms with Gasteiger partial charge in [-0.1, -0.05) is 12.1 Å². The van der Waals surface area contributed by atoms with Crippen LogP contribution in [0.4, 0.5) is 36.7 Å². The maximum Gasteiger partial charge on any atom is 0.416 e. The van der Waals surface area contributed by atoms with Crippen molar-refractivity contribution in [1.82, 2.24) is 14.9 Å². The third kappa shape index (κ3) is 7.14. The van der Waals surface area contributed by atoms with E-state index in [9.17, 15) is 35.5 Å². The van der Waals surface area contributed by atoms with Crippen LogP contribution in [0.2, 0.25) is 0 Å². The molecule has 0 aliphatic carbocycles. The molecule has 0 unspecified atom stereocenters. The van der Waals surface area contributed by atoms with Gasteiger partial charge in [0.2, 0.25) is 11.9 Å². The van der Waals surface area contributed by atoms with Crippen molar-refractivity contribution >= 4 is 11.9 Å². The predicted octanol–water partition coefficient (Wildman–Crippen LogP) is 3.96. The molecule has 0 bridgehead atoms. The molecule has 1 saturated heterocycles. The number of allylic oxidation sites excluding steroid dienone is 1. The lowest BCUT2D eigenvalue weighted by molar-refractivity contribution is -0.137. The molecule has 2 heterocycles. The molecule has 33 heavy (non-hydrogen) atoms. The maximum absolute atomic E-state index is 13.0. The van der Waals surface area contributed by atoms with Crippen molar-refractivity contribution in [3.05, 3.63) is 65.8 Å². The van der Waals surface area contributed by atoms with Crippen LogP contribution in [0.1, 0.15) is 11.1 Å². The Balaban J connectivity index is 1.70. The maximum atomic E-state index is 13.0. The van der Waals surface area contributed by atoms with Crippen LogP contribution in [-0.2, 0) is 22.3 Å². The van der Waals surface area contributed by atoms with Crippen molar-refractivity contribution < 1.29 is 40.3 Å². The van der Waals surface area contributed by atoms with E-state index in [1.54, 1.807) is 0 Å². The molecule has 1 aliphatic heterocycles. The summed E-state index contributed by atoms with van der Waals surface area (Å²) in [6.45, 7) is -0.286. The Bertz CT molecular complexity index is 976. The summed E-state index contributed by atoms with van der Waals surface area (Å²) in [5, 5.41) is 2.84. The van der Waals surface area contributed by atoms with E-state index in [0.29, 0.717) is 11.6 Å². The summed E-state index contributed by atoms with van der Waals surface area (Å²) in [4.78, 5) is 20.7. The summed E-state index contributed by atoms with van der Waals surface area (Å²) in [5.41, 5.74) is -0.408. The number of likely N-dealkylation sites (tertiary alicyclic amines) is 1. The van der Waals surface area contributed by atoms with E-state index in [4.69, 9.17) is 4.74 Å². The summed E-state index contributed by atoms with van der Waals surface area (Å²) < 4.78 is 94.0. The smallest absolute Gasteiger partial charge is 0.369 e. The van der Waals surface area contributed by atoms with E-state index in [0.717, 1.165) is 29.4 Å². The summed E-state index contributed by atoms with van der Waals surface area (Å²) in [6, 6.07) is 3.59. The highest BCUT2D eigenvalue weighted by Gasteiger charge is 2.36. The summed E-state index contributed by atoms with van der Waals surface area (Å²) in [7, 11) is 0. The lowest BCUT2D eigenvalue weighted by atomic mass is 10.1. The number of rotatable bonds is 6. The largest absolute Gasteiger partial charge is 0.416 e. The van der Waals surface area contributed by atoms with Gasteiger partial charge in [-0.2, -0.15) is 26.3 Å². The second-order valence-corrected chi connectivity index (χ2v) is 7.14. The Morgan fingerprint density at radius 3 is 2.30 bits per heavy atom. The number of hydrogen-bond acceptors (Lipinski definition) is 5. The van der Waals surface area contributed by atoms with Crippen molar-refractivity contribution in [3.63, 3.8) is 0 Å². The first-order valence-corrected chi connectivity index (χ1v) is 9.47. The number of alkyl halides is 6. The quantitative estimate of drug-likeness (QED) is 0.503. The normalized spacial score (nSPS) is 19.3. The second-order valence-electron chi connectivity index (χ2n) is 7.14. The number of anilines is 1. The molecule has 178 valence electrons. The van der Waals surface area contributed by atoms with Gasteiger partial charge in [0.05, 0.1) is 36.7 Å². The van der Waals surface area contributed by atoms with Crippen LogP contribution < -0.4 is 5.32 Å². The van der Waals surface area contributed by atoms with Gasteiger partial charge in [-0.3, -0.25) is 4.79 Å². The van der Waals surface area contributed by atoms with Gasteiger partial charge >= 0.3 is 12.4 Å². The van der Waals surface area contributed by atoms with Crippen LogP contribution in [0.3, 0.4) is 0 Å². The Morgan fingerprint density at radius 1 is 1.09 bits per heavy atom. The predicted molar refractivity (Wildman–Crippen MR) is 101 cm³/mol. The fraction of sp³-hybridized carbons (Fsp3) is 0.350. The molecule has 1 amide bonds. The van der Waals surface area contributed by atoms with E-state index in [1.165, 1.54) is 12.1 Å². The number of amides is 1. The molecule has 1 N–H and O–H groups in total. The molecule has 13 heteroatoms. The lowest BCUT2D eigenvalue weighted by Gasteiger charge is -2.20. The highest BCUT2D eigenvalue weighted by molar-refractivity contribution is 5.88. The monoisotopic (exact) mass is 478 g/mol. The summed E-state index contributed by atoms with van der Waals surface area (Å²) in [6.07, 6.45) is -7.90. The van der Waals surface area contributed by atoms with Gasteiger partial charge in [-0.25, -0.2) is 14.4 Å². The zero-order valence-corrected chi connectivity index (χ0v) is 16.7. The Kier molecular flexibility index (Phi) is 7.20. The number of halogens is 7. The highest BCUT2D eigenvalue weighted by atomic mass is 19.4. The van der Waals surface area contributed by atoms with Crippen LogP contribution in [-0.4, -0.2) is 52.2 Å². The van der Waals surface area contributed by atoms with Crippen molar-refractivity contribution in [2.24, 2.45) is 0 Å². The van der Waals surface area contributed by atoms with Gasteiger partial charge < -0.3 is 15.0 Å². The number of aromatic nitrogens is 2. The molecule has 3 rings (SSSR count). The Labute approximate surface area is 183 Å². The highest BCUT2D eigenvalue weighted by Crippen LogP contribution is 2.29. The average molecular weight is 478 g/mol. The first kappa shape index (κ1) is 24.4. The molecular formula is C20H17F7N4O2. The van der Waals surface area contributed by atoms with Crippen LogP contribution in [0.15, 0.2) is 48.8 Å². The van der Waals surface area contributed by atoms with Crippen LogP contribution in [0.25, 0.3) is 0 Å². The third-order valence-electron chi connectivity index (χ3n) is 4.67. The van der Waals surface area contributed by atoms with E-state index < -0.39 is 41.8 Å². The lowest BCUT2D eigenvalue weighted by Crippen LogP contribution is -2.35.